The first-order valence-corrected chi connectivity index (χ1v) is 9.35. The van der Waals surface area contributed by atoms with Crippen molar-refractivity contribution >= 4 is 40.9 Å². The summed E-state index contributed by atoms with van der Waals surface area (Å²) in [6, 6.07) is 7.64. The molecule has 0 saturated heterocycles. The minimum Gasteiger partial charge on any atom is -0.470 e. The molecule has 8 nitrogen and oxygen atoms in total. The molecule has 0 saturated carbocycles. The third-order valence-electron chi connectivity index (χ3n) is 4.14. The molecule has 2 aromatic heterocycles. The van der Waals surface area contributed by atoms with E-state index in [1.165, 1.54) is 0 Å². The lowest BCUT2D eigenvalue weighted by atomic mass is 10.2. The van der Waals surface area contributed by atoms with Crippen LogP contribution >= 0.6 is 11.6 Å². The highest BCUT2D eigenvalue weighted by Gasteiger charge is 2.09. The number of anilines is 1. The molecular formula is C20H24ClN7O. The second-order valence-corrected chi connectivity index (χ2v) is 7.10. The van der Waals surface area contributed by atoms with Gasteiger partial charge in [0.25, 0.3) is 0 Å². The number of halogens is 1. The third kappa shape index (κ3) is 4.97. The Morgan fingerprint density at radius 2 is 2.10 bits per heavy atom. The van der Waals surface area contributed by atoms with Gasteiger partial charge in [-0.25, -0.2) is 9.98 Å². The lowest BCUT2D eigenvalue weighted by molar-refractivity contribution is 0.330. The topological polar surface area (TPSA) is 93.7 Å². The van der Waals surface area contributed by atoms with Crippen LogP contribution in [0.3, 0.4) is 0 Å². The SMILES string of the molecule is C=N/C(=C\C(=N/COc1ccc2[nH]c(C)cc2c1Cl)N(C)C)Nc1cc(C)[nH]n1. The number of aromatic amines is 2. The molecule has 0 fully saturated rings. The van der Waals surface area contributed by atoms with Crippen molar-refractivity contribution in [1.82, 2.24) is 20.1 Å². The Hall–Kier alpha value is -3.26. The van der Waals surface area contributed by atoms with Gasteiger partial charge in [-0.1, -0.05) is 11.6 Å². The summed E-state index contributed by atoms with van der Waals surface area (Å²) in [6.45, 7) is 7.61. The van der Waals surface area contributed by atoms with E-state index < -0.39 is 0 Å². The number of aromatic nitrogens is 3. The highest BCUT2D eigenvalue weighted by atomic mass is 35.5. The molecule has 0 aliphatic heterocycles. The Bertz CT molecular complexity index is 1080. The van der Waals surface area contributed by atoms with Crippen LogP contribution in [-0.4, -0.2) is 53.5 Å². The van der Waals surface area contributed by atoms with Crippen molar-refractivity contribution in [3.8, 4) is 5.75 Å². The zero-order valence-electron chi connectivity index (χ0n) is 16.9. The number of H-pyrrole nitrogens is 2. The number of benzene rings is 1. The number of fused-ring (bicyclic) bond motifs is 1. The monoisotopic (exact) mass is 413 g/mol. The maximum absolute atomic E-state index is 6.47. The van der Waals surface area contributed by atoms with E-state index in [2.05, 4.69) is 37.2 Å². The summed E-state index contributed by atoms with van der Waals surface area (Å²) in [5.74, 6) is 2.40. The van der Waals surface area contributed by atoms with Crippen LogP contribution in [0.2, 0.25) is 5.02 Å². The summed E-state index contributed by atoms with van der Waals surface area (Å²) in [6.07, 6.45) is 1.76. The quantitative estimate of drug-likeness (QED) is 0.401. The third-order valence-corrected chi connectivity index (χ3v) is 4.53. The van der Waals surface area contributed by atoms with E-state index in [1.807, 2.05) is 57.1 Å². The summed E-state index contributed by atoms with van der Waals surface area (Å²) < 4.78 is 5.80. The molecule has 0 spiro atoms. The minimum absolute atomic E-state index is 0.102. The number of nitrogens with zero attached hydrogens (tertiary/aromatic N) is 4. The van der Waals surface area contributed by atoms with Crippen molar-refractivity contribution in [3.05, 3.63) is 52.6 Å². The van der Waals surface area contributed by atoms with Gasteiger partial charge in [-0.15, -0.1) is 0 Å². The predicted octanol–water partition coefficient (Wildman–Crippen LogP) is 4.11. The molecular weight excluding hydrogens is 390 g/mol. The molecule has 1 aromatic carbocycles. The Morgan fingerprint density at radius 3 is 2.76 bits per heavy atom. The van der Waals surface area contributed by atoms with Gasteiger partial charge in [0.15, 0.2) is 12.5 Å². The van der Waals surface area contributed by atoms with Crippen molar-refractivity contribution in [3.63, 3.8) is 0 Å². The maximum Gasteiger partial charge on any atom is 0.181 e. The zero-order valence-corrected chi connectivity index (χ0v) is 17.6. The molecule has 9 heteroatoms. The van der Waals surface area contributed by atoms with E-state index in [0.717, 1.165) is 22.3 Å². The van der Waals surface area contributed by atoms with Gasteiger partial charge >= 0.3 is 0 Å². The molecule has 0 atom stereocenters. The number of amidine groups is 1. The molecule has 0 aliphatic rings. The van der Waals surface area contributed by atoms with Crippen LogP contribution in [0, 0.1) is 13.8 Å². The molecule has 0 radical (unpaired) electrons. The molecule has 0 bridgehead atoms. The number of likely N-dealkylation sites (N-methyl/N-ethyl adjacent to an activating group) is 1. The van der Waals surface area contributed by atoms with E-state index in [-0.39, 0.29) is 6.73 Å². The Morgan fingerprint density at radius 1 is 1.31 bits per heavy atom. The summed E-state index contributed by atoms with van der Waals surface area (Å²) >= 11 is 6.47. The molecule has 3 rings (SSSR count). The normalized spacial score (nSPS) is 12.3. The molecule has 0 aliphatic carbocycles. The van der Waals surface area contributed by atoms with Crippen LogP contribution in [0.25, 0.3) is 10.9 Å². The molecule has 0 amide bonds. The number of hydrogen-bond acceptors (Lipinski definition) is 5. The summed E-state index contributed by atoms with van der Waals surface area (Å²) in [7, 11) is 3.77. The van der Waals surface area contributed by atoms with Crippen LogP contribution < -0.4 is 10.1 Å². The van der Waals surface area contributed by atoms with Gasteiger partial charge in [0, 0.05) is 48.5 Å². The van der Waals surface area contributed by atoms with Gasteiger partial charge in [0.2, 0.25) is 0 Å². The number of nitrogens with one attached hydrogen (secondary N) is 3. The van der Waals surface area contributed by atoms with Gasteiger partial charge in [0.05, 0.1) is 5.02 Å². The molecule has 0 unspecified atom stereocenters. The Balaban J connectivity index is 1.75. The molecule has 2 heterocycles. The lowest BCUT2D eigenvalue weighted by Gasteiger charge is -2.14. The highest BCUT2D eigenvalue weighted by molar-refractivity contribution is 6.37. The van der Waals surface area contributed by atoms with Crippen LogP contribution in [0.5, 0.6) is 5.75 Å². The first kappa shape index (κ1) is 20.5. The van der Waals surface area contributed by atoms with E-state index in [1.54, 1.807) is 6.08 Å². The summed E-state index contributed by atoms with van der Waals surface area (Å²) in [5, 5.41) is 11.6. The molecule has 29 heavy (non-hydrogen) atoms. The van der Waals surface area contributed by atoms with Crippen LogP contribution in [-0.2, 0) is 0 Å². The van der Waals surface area contributed by atoms with Crippen molar-refractivity contribution in [1.29, 1.82) is 0 Å². The average molecular weight is 414 g/mol. The summed E-state index contributed by atoms with van der Waals surface area (Å²) in [4.78, 5) is 13.6. The van der Waals surface area contributed by atoms with Crippen molar-refractivity contribution < 1.29 is 4.74 Å². The van der Waals surface area contributed by atoms with E-state index in [4.69, 9.17) is 16.3 Å². The molecule has 3 N–H and O–H groups in total. The summed E-state index contributed by atoms with van der Waals surface area (Å²) in [5.41, 5.74) is 2.96. The first-order chi connectivity index (χ1) is 13.9. The largest absolute Gasteiger partial charge is 0.470 e. The fraction of sp³-hybridized carbons (Fsp3) is 0.250. The van der Waals surface area contributed by atoms with Gasteiger partial charge in [0.1, 0.15) is 17.4 Å². The maximum atomic E-state index is 6.47. The first-order valence-electron chi connectivity index (χ1n) is 8.97. The van der Waals surface area contributed by atoms with Crippen LogP contribution in [0.15, 0.2) is 46.1 Å². The van der Waals surface area contributed by atoms with E-state index in [0.29, 0.717) is 28.2 Å². The smallest absolute Gasteiger partial charge is 0.181 e. The minimum atomic E-state index is 0.102. The van der Waals surface area contributed by atoms with Gasteiger partial charge < -0.3 is 19.9 Å². The second-order valence-electron chi connectivity index (χ2n) is 6.72. The number of aryl methyl sites for hydroxylation is 2. The number of aliphatic imine (C=N–C) groups is 2. The van der Waals surface area contributed by atoms with Crippen molar-refractivity contribution in [2.45, 2.75) is 13.8 Å². The van der Waals surface area contributed by atoms with Gasteiger partial charge in [-0.05, 0) is 38.8 Å². The van der Waals surface area contributed by atoms with Crippen LogP contribution in [0.1, 0.15) is 11.4 Å². The molecule has 152 valence electrons. The average Bonchev–Trinajstić information content (AvgIpc) is 3.26. The highest BCUT2D eigenvalue weighted by Crippen LogP contribution is 2.33. The fourth-order valence-electron chi connectivity index (χ4n) is 2.74. The lowest BCUT2D eigenvalue weighted by Crippen LogP contribution is -2.22. The molecule has 3 aromatic rings. The standard InChI is InChI=1S/C20H24ClN7O/c1-12-8-14-15(24-12)6-7-16(20(14)21)29-11-23-19(28(4)5)10-17(22-3)25-18-9-13(2)26-27-18/h6-10,24H,3,11H2,1-2,4-5H3,(H2,25,26,27)/b17-10+,23-19+. The second kappa shape index (κ2) is 8.83. The number of hydrogen-bond donors (Lipinski definition) is 3. The van der Waals surface area contributed by atoms with Crippen molar-refractivity contribution in [2.75, 3.05) is 26.1 Å². The number of rotatable bonds is 7. The van der Waals surface area contributed by atoms with Crippen LogP contribution in [0.4, 0.5) is 5.82 Å². The Kier molecular flexibility index (Phi) is 6.23. The van der Waals surface area contributed by atoms with E-state index >= 15 is 0 Å². The van der Waals surface area contributed by atoms with Gasteiger partial charge in [-0.2, -0.15) is 5.10 Å². The zero-order chi connectivity index (χ0) is 21.0. The van der Waals surface area contributed by atoms with Crippen molar-refractivity contribution in [2.24, 2.45) is 9.98 Å². The number of ether oxygens (including phenoxy) is 1. The Labute approximate surface area is 174 Å². The predicted molar refractivity (Wildman–Crippen MR) is 119 cm³/mol. The fourth-order valence-corrected chi connectivity index (χ4v) is 3.01. The van der Waals surface area contributed by atoms with Gasteiger partial charge in [-0.3, -0.25) is 5.10 Å². The van der Waals surface area contributed by atoms with E-state index in [9.17, 15) is 0 Å².